The second kappa shape index (κ2) is 3.95. The summed E-state index contributed by atoms with van der Waals surface area (Å²) >= 11 is 0. The van der Waals surface area contributed by atoms with Crippen LogP contribution in [0.25, 0.3) is 0 Å². The van der Waals surface area contributed by atoms with Crippen molar-refractivity contribution >= 4 is 5.97 Å². The third-order valence-electron chi connectivity index (χ3n) is 1.68. The van der Waals surface area contributed by atoms with Gasteiger partial charge in [0.25, 0.3) is 0 Å². The molecule has 0 fully saturated rings. The van der Waals surface area contributed by atoms with E-state index in [2.05, 4.69) is 0 Å². The van der Waals surface area contributed by atoms with E-state index in [-0.39, 0.29) is 17.1 Å². The van der Waals surface area contributed by atoms with E-state index < -0.39 is 11.8 Å². The number of methoxy groups -OCH3 is 2. The average molecular weight is 200 g/mol. The van der Waals surface area contributed by atoms with Crippen LogP contribution in [0.4, 0.5) is 4.39 Å². The molecule has 76 valence electrons. The Balaban J connectivity index is 3.31. The molecule has 4 nitrogen and oxygen atoms in total. The molecule has 0 saturated heterocycles. The highest BCUT2D eigenvalue weighted by Crippen LogP contribution is 2.31. The van der Waals surface area contributed by atoms with Crippen molar-refractivity contribution in [3.63, 3.8) is 0 Å². The van der Waals surface area contributed by atoms with Crippen molar-refractivity contribution in [2.75, 3.05) is 14.2 Å². The van der Waals surface area contributed by atoms with Gasteiger partial charge in [0.2, 0.25) is 0 Å². The van der Waals surface area contributed by atoms with E-state index in [4.69, 9.17) is 14.6 Å². The summed E-state index contributed by atoms with van der Waals surface area (Å²) in [6, 6.07) is 2.08. The molecule has 1 rings (SSSR count). The first kappa shape index (κ1) is 10.3. The van der Waals surface area contributed by atoms with Crippen LogP contribution in [0.2, 0.25) is 0 Å². The van der Waals surface area contributed by atoms with E-state index in [1.54, 1.807) is 0 Å². The minimum absolute atomic E-state index is 0.0601. The van der Waals surface area contributed by atoms with Crippen molar-refractivity contribution in [2.45, 2.75) is 0 Å². The summed E-state index contributed by atoms with van der Waals surface area (Å²) in [7, 11) is 2.59. The largest absolute Gasteiger partial charge is 0.493 e. The predicted molar refractivity (Wildman–Crippen MR) is 46.5 cm³/mol. The zero-order valence-corrected chi connectivity index (χ0v) is 7.70. The maximum atomic E-state index is 13.2. The van der Waals surface area contributed by atoms with Gasteiger partial charge in [-0.15, -0.1) is 0 Å². The van der Waals surface area contributed by atoms with Gasteiger partial charge in [0, 0.05) is 0 Å². The van der Waals surface area contributed by atoms with E-state index in [0.29, 0.717) is 0 Å². The Kier molecular flexibility index (Phi) is 2.91. The van der Waals surface area contributed by atoms with Crippen LogP contribution in [0.15, 0.2) is 12.1 Å². The number of rotatable bonds is 3. The van der Waals surface area contributed by atoms with Crippen molar-refractivity contribution in [1.82, 2.24) is 0 Å². The third kappa shape index (κ3) is 1.76. The second-order valence-electron chi connectivity index (χ2n) is 2.50. The molecule has 1 aromatic carbocycles. The zero-order valence-electron chi connectivity index (χ0n) is 7.70. The predicted octanol–water partition coefficient (Wildman–Crippen LogP) is 1.54. The van der Waals surface area contributed by atoms with Gasteiger partial charge >= 0.3 is 5.97 Å². The summed E-state index contributed by atoms with van der Waals surface area (Å²) in [6.07, 6.45) is 0. The Bertz CT molecular complexity index is 362. The molecule has 1 N–H and O–H groups in total. The number of halogens is 1. The molecule has 1 aromatic rings. The summed E-state index contributed by atoms with van der Waals surface area (Å²) < 4.78 is 22.7. The number of carbonyl (C=O) groups is 1. The van der Waals surface area contributed by atoms with Gasteiger partial charge in [-0.2, -0.15) is 0 Å². The molecule has 0 saturated carbocycles. The monoisotopic (exact) mass is 200 g/mol. The van der Waals surface area contributed by atoms with Crippen LogP contribution >= 0.6 is 0 Å². The fourth-order valence-corrected chi connectivity index (χ4v) is 1.04. The van der Waals surface area contributed by atoms with Crippen molar-refractivity contribution in [2.24, 2.45) is 0 Å². The van der Waals surface area contributed by atoms with E-state index in [1.807, 2.05) is 0 Å². The highest BCUT2D eigenvalue weighted by Gasteiger charge is 2.15. The highest BCUT2D eigenvalue weighted by molar-refractivity contribution is 5.88. The Morgan fingerprint density at radius 2 is 2.00 bits per heavy atom. The first-order valence-corrected chi connectivity index (χ1v) is 3.75. The van der Waals surface area contributed by atoms with Gasteiger partial charge in [0.1, 0.15) is 0 Å². The number of carboxylic acids is 1. The minimum Gasteiger partial charge on any atom is -0.493 e. The van der Waals surface area contributed by atoms with Crippen molar-refractivity contribution in [1.29, 1.82) is 0 Å². The lowest BCUT2D eigenvalue weighted by Gasteiger charge is -2.08. The van der Waals surface area contributed by atoms with Gasteiger partial charge < -0.3 is 14.6 Å². The first-order valence-electron chi connectivity index (χ1n) is 3.75. The first-order chi connectivity index (χ1) is 6.60. The molecule has 14 heavy (non-hydrogen) atoms. The number of ether oxygens (including phenoxy) is 2. The molecule has 0 amide bonds. The molecule has 0 spiro atoms. The Morgan fingerprint density at radius 3 is 2.43 bits per heavy atom. The van der Waals surface area contributed by atoms with Crippen LogP contribution in [-0.2, 0) is 0 Å². The number of hydrogen-bond acceptors (Lipinski definition) is 3. The van der Waals surface area contributed by atoms with Crippen molar-refractivity contribution in [3.05, 3.63) is 23.5 Å². The Hall–Kier alpha value is -1.78. The van der Waals surface area contributed by atoms with Gasteiger partial charge in [-0.05, 0) is 12.1 Å². The topological polar surface area (TPSA) is 55.8 Å². The molecule has 0 aliphatic carbocycles. The summed E-state index contributed by atoms with van der Waals surface area (Å²) in [5.41, 5.74) is -0.180. The maximum Gasteiger partial charge on any atom is 0.335 e. The van der Waals surface area contributed by atoms with Gasteiger partial charge in [0.15, 0.2) is 17.3 Å². The van der Waals surface area contributed by atoms with E-state index in [0.717, 1.165) is 6.07 Å². The van der Waals surface area contributed by atoms with Crippen LogP contribution in [-0.4, -0.2) is 25.3 Å². The molecule has 0 aromatic heterocycles. The second-order valence-corrected chi connectivity index (χ2v) is 2.50. The number of benzene rings is 1. The molecule has 0 bridgehead atoms. The normalized spacial score (nSPS) is 9.64. The van der Waals surface area contributed by atoms with Crippen LogP contribution < -0.4 is 9.47 Å². The standard InChI is InChI=1S/C9H9FO4/c1-13-7-4-5(9(11)12)3-6(10)8(7)14-2/h3-4H,1-2H3,(H,11,12). The van der Waals surface area contributed by atoms with E-state index in [1.165, 1.54) is 20.3 Å². The summed E-state index contributed by atoms with van der Waals surface area (Å²) in [4.78, 5) is 10.6. The molecule has 0 unspecified atom stereocenters. The minimum atomic E-state index is -1.22. The van der Waals surface area contributed by atoms with Crippen molar-refractivity contribution in [3.8, 4) is 11.5 Å². The molecule has 0 aliphatic rings. The summed E-state index contributed by atoms with van der Waals surface area (Å²) in [5, 5.41) is 8.63. The van der Waals surface area contributed by atoms with Gasteiger partial charge in [-0.25, -0.2) is 9.18 Å². The van der Waals surface area contributed by atoms with E-state index in [9.17, 15) is 9.18 Å². The van der Waals surface area contributed by atoms with E-state index >= 15 is 0 Å². The quantitative estimate of drug-likeness (QED) is 0.804. The number of carboxylic acid groups (broad SMARTS) is 1. The Morgan fingerprint density at radius 1 is 1.36 bits per heavy atom. The fraction of sp³-hybridized carbons (Fsp3) is 0.222. The zero-order chi connectivity index (χ0) is 10.7. The molecular formula is C9H9FO4. The highest BCUT2D eigenvalue weighted by atomic mass is 19.1. The van der Waals surface area contributed by atoms with Crippen LogP contribution in [0.5, 0.6) is 11.5 Å². The lowest BCUT2D eigenvalue weighted by molar-refractivity contribution is 0.0695. The summed E-state index contributed by atoms with van der Waals surface area (Å²) in [5.74, 6) is -2.02. The fourth-order valence-electron chi connectivity index (χ4n) is 1.04. The lowest BCUT2D eigenvalue weighted by Crippen LogP contribution is -2.01. The average Bonchev–Trinajstić information content (AvgIpc) is 2.16. The number of hydrogen-bond donors (Lipinski definition) is 1. The van der Waals surface area contributed by atoms with Crippen molar-refractivity contribution < 1.29 is 23.8 Å². The third-order valence-corrected chi connectivity index (χ3v) is 1.68. The molecule has 0 atom stereocenters. The van der Waals surface area contributed by atoms with Crippen LogP contribution in [0, 0.1) is 5.82 Å². The molecule has 0 heterocycles. The molecule has 0 aliphatic heterocycles. The molecule has 0 radical (unpaired) electrons. The Labute approximate surface area is 79.9 Å². The van der Waals surface area contributed by atoms with Crippen LogP contribution in [0.3, 0.4) is 0 Å². The molecule has 5 heteroatoms. The molecular weight excluding hydrogens is 191 g/mol. The smallest absolute Gasteiger partial charge is 0.335 e. The lowest BCUT2D eigenvalue weighted by atomic mass is 10.2. The maximum absolute atomic E-state index is 13.2. The number of aromatic carboxylic acids is 1. The SMILES string of the molecule is COc1cc(C(=O)O)cc(F)c1OC. The van der Waals surface area contributed by atoms with Gasteiger partial charge in [0.05, 0.1) is 19.8 Å². The van der Waals surface area contributed by atoms with Gasteiger partial charge in [-0.1, -0.05) is 0 Å². The van der Waals surface area contributed by atoms with Crippen LogP contribution in [0.1, 0.15) is 10.4 Å². The summed E-state index contributed by atoms with van der Waals surface area (Å²) in [6.45, 7) is 0. The van der Waals surface area contributed by atoms with Gasteiger partial charge in [-0.3, -0.25) is 0 Å².